The number of aryl methyl sites for hydroxylation is 1. The maximum absolute atomic E-state index is 12.7. The standard InChI is InChI=1S/C17H30N4O2/c1-4-17(5-2,6-7-22)12-19-16(23)15-10-18-9-14(15)13-8-20-21(3)11-13/h8,11,14-15,18,22H,4-7,9-10,12H2,1-3H3,(H,19,23)/t14-,15+/m1/s1. The highest BCUT2D eigenvalue weighted by Gasteiger charge is 2.35. The summed E-state index contributed by atoms with van der Waals surface area (Å²) >= 11 is 0. The van der Waals surface area contributed by atoms with E-state index < -0.39 is 0 Å². The van der Waals surface area contributed by atoms with Crippen LogP contribution in [0.4, 0.5) is 0 Å². The molecule has 1 aromatic rings. The van der Waals surface area contributed by atoms with Crippen LogP contribution in [-0.4, -0.2) is 47.0 Å². The van der Waals surface area contributed by atoms with E-state index in [9.17, 15) is 9.90 Å². The van der Waals surface area contributed by atoms with Crippen LogP contribution in [0.5, 0.6) is 0 Å². The molecule has 0 aromatic carbocycles. The Bertz CT molecular complexity index is 510. The number of aliphatic hydroxyl groups is 1. The van der Waals surface area contributed by atoms with Gasteiger partial charge in [-0.1, -0.05) is 13.8 Å². The molecule has 0 spiro atoms. The highest BCUT2D eigenvalue weighted by atomic mass is 16.3. The molecule has 1 amide bonds. The summed E-state index contributed by atoms with van der Waals surface area (Å²) in [6.45, 7) is 6.57. The average molecular weight is 322 g/mol. The Kier molecular flexibility index (Phi) is 6.18. The highest BCUT2D eigenvalue weighted by molar-refractivity contribution is 5.80. The Balaban J connectivity index is 1.99. The Labute approximate surface area is 138 Å². The van der Waals surface area contributed by atoms with Gasteiger partial charge in [-0.25, -0.2) is 0 Å². The molecule has 1 aromatic heterocycles. The van der Waals surface area contributed by atoms with Gasteiger partial charge in [0.2, 0.25) is 5.91 Å². The van der Waals surface area contributed by atoms with Crippen molar-refractivity contribution in [2.75, 3.05) is 26.2 Å². The third kappa shape index (κ3) is 4.12. The van der Waals surface area contributed by atoms with Crippen LogP contribution in [0.25, 0.3) is 0 Å². The minimum atomic E-state index is -0.0558. The van der Waals surface area contributed by atoms with Gasteiger partial charge in [0.15, 0.2) is 0 Å². The van der Waals surface area contributed by atoms with E-state index in [-0.39, 0.29) is 29.8 Å². The number of nitrogens with zero attached hydrogens (tertiary/aromatic N) is 2. The molecule has 0 saturated carbocycles. The van der Waals surface area contributed by atoms with Gasteiger partial charge in [0.1, 0.15) is 0 Å². The first-order valence-corrected chi connectivity index (χ1v) is 8.63. The number of hydrogen-bond acceptors (Lipinski definition) is 4. The Hall–Kier alpha value is -1.40. The minimum Gasteiger partial charge on any atom is -0.396 e. The van der Waals surface area contributed by atoms with E-state index in [1.165, 1.54) is 0 Å². The predicted molar refractivity (Wildman–Crippen MR) is 90.0 cm³/mol. The molecule has 2 rings (SSSR count). The molecular formula is C17H30N4O2. The number of hydrogen-bond donors (Lipinski definition) is 3. The lowest BCUT2D eigenvalue weighted by atomic mass is 9.79. The molecule has 0 unspecified atom stereocenters. The van der Waals surface area contributed by atoms with Crippen LogP contribution >= 0.6 is 0 Å². The van der Waals surface area contributed by atoms with E-state index in [1.54, 1.807) is 4.68 Å². The predicted octanol–water partition coefficient (Wildman–Crippen LogP) is 1.03. The zero-order valence-electron chi connectivity index (χ0n) is 14.5. The fourth-order valence-corrected chi connectivity index (χ4v) is 3.52. The first kappa shape index (κ1) is 17.9. The van der Waals surface area contributed by atoms with Crippen molar-refractivity contribution in [1.82, 2.24) is 20.4 Å². The third-order valence-corrected chi connectivity index (χ3v) is 5.48. The van der Waals surface area contributed by atoms with Crippen molar-refractivity contribution >= 4 is 5.91 Å². The summed E-state index contributed by atoms with van der Waals surface area (Å²) in [5, 5.41) is 20.0. The number of aliphatic hydroxyl groups excluding tert-OH is 1. The summed E-state index contributed by atoms with van der Waals surface area (Å²) in [6.07, 6.45) is 6.49. The number of rotatable bonds is 8. The van der Waals surface area contributed by atoms with Gasteiger partial charge in [0.25, 0.3) is 0 Å². The quantitative estimate of drug-likeness (QED) is 0.668. The highest BCUT2D eigenvalue weighted by Crippen LogP contribution is 2.31. The molecule has 3 N–H and O–H groups in total. The van der Waals surface area contributed by atoms with Crippen molar-refractivity contribution in [3.63, 3.8) is 0 Å². The Morgan fingerprint density at radius 2 is 2.22 bits per heavy atom. The fraction of sp³-hybridized carbons (Fsp3) is 0.765. The van der Waals surface area contributed by atoms with E-state index >= 15 is 0 Å². The molecule has 2 atom stereocenters. The van der Waals surface area contributed by atoms with Crippen LogP contribution in [-0.2, 0) is 11.8 Å². The Morgan fingerprint density at radius 3 is 2.78 bits per heavy atom. The summed E-state index contributed by atoms with van der Waals surface area (Å²) in [5.41, 5.74) is 1.12. The van der Waals surface area contributed by atoms with Gasteiger partial charge in [-0.05, 0) is 30.2 Å². The van der Waals surface area contributed by atoms with Gasteiger partial charge in [0.05, 0.1) is 12.1 Å². The van der Waals surface area contributed by atoms with Crippen LogP contribution in [0.3, 0.4) is 0 Å². The van der Waals surface area contributed by atoms with Crippen LogP contribution in [0.15, 0.2) is 12.4 Å². The normalized spacial score (nSPS) is 21.6. The molecule has 23 heavy (non-hydrogen) atoms. The SMILES string of the molecule is CCC(CC)(CCO)CNC(=O)[C@H]1CNC[C@@H]1c1cnn(C)c1. The molecule has 1 saturated heterocycles. The molecule has 1 aliphatic heterocycles. The largest absolute Gasteiger partial charge is 0.396 e. The zero-order chi connectivity index (χ0) is 16.9. The number of amides is 1. The molecule has 6 nitrogen and oxygen atoms in total. The minimum absolute atomic E-state index is 0.000240. The van der Waals surface area contributed by atoms with Crippen molar-refractivity contribution in [3.8, 4) is 0 Å². The Morgan fingerprint density at radius 1 is 1.48 bits per heavy atom. The lowest BCUT2D eigenvalue weighted by Gasteiger charge is -2.32. The molecule has 0 radical (unpaired) electrons. The summed E-state index contributed by atoms with van der Waals surface area (Å²) in [4.78, 5) is 12.7. The van der Waals surface area contributed by atoms with Crippen molar-refractivity contribution in [2.24, 2.45) is 18.4 Å². The molecule has 2 heterocycles. The lowest BCUT2D eigenvalue weighted by molar-refractivity contribution is -0.125. The molecule has 1 aliphatic rings. The second kappa shape index (κ2) is 7.93. The second-order valence-corrected chi connectivity index (χ2v) is 6.72. The van der Waals surface area contributed by atoms with Gasteiger partial charge < -0.3 is 15.7 Å². The molecular weight excluding hydrogens is 292 g/mol. The van der Waals surface area contributed by atoms with Gasteiger partial charge in [0, 0.05) is 45.4 Å². The lowest BCUT2D eigenvalue weighted by Crippen LogP contribution is -2.41. The monoisotopic (exact) mass is 322 g/mol. The second-order valence-electron chi connectivity index (χ2n) is 6.72. The van der Waals surface area contributed by atoms with Gasteiger partial charge >= 0.3 is 0 Å². The van der Waals surface area contributed by atoms with E-state index in [0.29, 0.717) is 13.1 Å². The summed E-state index contributed by atoms with van der Waals surface area (Å²) < 4.78 is 1.78. The van der Waals surface area contributed by atoms with Crippen LogP contribution in [0, 0.1) is 11.3 Å². The van der Waals surface area contributed by atoms with Crippen LogP contribution in [0.1, 0.15) is 44.6 Å². The molecule has 0 aliphatic carbocycles. The van der Waals surface area contributed by atoms with E-state index in [1.807, 2.05) is 19.4 Å². The maximum atomic E-state index is 12.7. The number of carbonyl (C=O) groups is 1. The first-order valence-electron chi connectivity index (χ1n) is 8.63. The van der Waals surface area contributed by atoms with Crippen LogP contribution in [0.2, 0.25) is 0 Å². The molecule has 6 heteroatoms. The topological polar surface area (TPSA) is 79.2 Å². The average Bonchev–Trinajstić information content (AvgIpc) is 3.19. The molecule has 0 bridgehead atoms. The summed E-state index contributed by atoms with van der Waals surface area (Å²) in [6, 6.07) is 0. The number of aromatic nitrogens is 2. The van der Waals surface area contributed by atoms with E-state index in [0.717, 1.165) is 31.4 Å². The van der Waals surface area contributed by atoms with Crippen molar-refractivity contribution in [2.45, 2.75) is 39.0 Å². The fourth-order valence-electron chi connectivity index (χ4n) is 3.52. The van der Waals surface area contributed by atoms with E-state index in [4.69, 9.17) is 0 Å². The van der Waals surface area contributed by atoms with Gasteiger partial charge in [-0.15, -0.1) is 0 Å². The molecule has 1 fully saturated rings. The number of nitrogens with one attached hydrogen (secondary N) is 2. The summed E-state index contributed by atoms with van der Waals surface area (Å²) in [5.74, 6) is 0.229. The molecule has 130 valence electrons. The van der Waals surface area contributed by atoms with Crippen molar-refractivity contribution in [1.29, 1.82) is 0 Å². The van der Waals surface area contributed by atoms with Gasteiger partial charge in [-0.2, -0.15) is 5.10 Å². The van der Waals surface area contributed by atoms with Gasteiger partial charge in [-0.3, -0.25) is 9.48 Å². The van der Waals surface area contributed by atoms with E-state index in [2.05, 4.69) is 29.6 Å². The third-order valence-electron chi connectivity index (χ3n) is 5.48. The van der Waals surface area contributed by atoms with Crippen LogP contribution < -0.4 is 10.6 Å². The number of carbonyl (C=O) groups excluding carboxylic acids is 1. The van der Waals surface area contributed by atoms with Crippen molar-refractivity contribution < 1.29 is 9.90 Å². The maximum Gasteiger partial charge on any atom is 0.225 e. The van der Waals surface area contributed by atoms with Crippen molar-refractivity contribution in [3.05, 3.63) is 18.0 Å². The zero-order valence-corrected chi connectivity index (χ0v) is 14.5. The smallest absolute Gasteiger partial charge is 0.225 e. The first-order chi connectivity index (χ1) is 11.0. The summed E-state index contributed by atoms with van der Waals surface area (Å²) in [7, 11) is 1.90.